The number of hydrogen-bond acceptors (Lipinski definition) is 5. The first-order chi connectivity index (χ1) is 14.1. The van der Waals surface area contributed by atoms with Gasteiger partial charge in [-0.25, -0.2) is 4.39 Å². The van der Waals surface area contributed by atoms with Crippen molar-refractivity contribution in [3.63, 3.8) is 0 Å². The molecule has 1 aliphatic rings. The highest BCUT2D eigenvalue weighted by Gasteiger charge is 2.19. The minimum Gasteiger partial charge on any atom is -0.491 e. The molecule has 5 nitrogen and oxygen atoms in total. The molecule has 0 aromatic heterocycles. The van der Waals surface area contributed by atoms with Gasteiger partial charge in [-0.1, -0.05) is 19.1 Å². The van der Waals surface area contributed by atoms with E-state index in [0.29, 0.717) is 26.4 Å². The van der Waals surface area contributed by atoms with Gasteiger partial charge < -0.3 is 19.5 Å². The van der Waals surface area contributed by atoms with Crippen LogP contribution in [0, 0.1) is 5.82 Å². The summed E-state index contributed by atoms with van der Waals surface area (Å²) in [7, 11) is 0. The van der Waals surface area contributed by atoms with Gasteiger partial charge in [-0.2, -0.15) is 0 Å². The summed E-state index contributed by atoms with van der Waals surface area (Å²) in [4.78, 5) is 4.48. The number of anilines is 1. The molecule has 0 unspecified atom stereocenters. The molecule has 0 amide bonds. The number of ether oxygens (including phenoxy) is 2. The first kappa shape index (κ1) is 21.6. The van der Waals surface area contributed by atoms with Crippen LogP contribution in [0.15, 0.2) is 48.5 Å². The van der Waals surface area contributed by atoms with Gasteiger partial charge in [0, 0.05) is 38.4 Å². The van der Waals surface area contributed by atoms with Crippen LogP contribution in [0.2, 0.25) is 0 Å². The molecule has 0 aliphatic carbocycles. The molecule has 1 saturated heterocycles. The van der Waals surface area contributed by atoms with Gasteiger partial charge in [0.1, 0.15) is 18.2 Å². The molecule has 1 heterocycles. The zero-order chi connectivity index (χ0) is 20.5. The fraction of sp³-hybridized carbons (Fsp3) is 0.478. The fourth-order valence-corrected chi connectivity index (χ4v) is 3.45. The van der Waals surface area contributed by atoms with Gasteiger partial charge in [-0.3, -0.25) is 4.90 Å². The van der Waals surface area contributed by atoms with E-state index in [2.05, 4.69) is 28.9 Å². The second-order valence-corrected chi connectivity index (χ2v) is 7.34. The molecule has 0 spiro atoms. The number of hydrogen-bond donors (Lipinski definition) is 1. The van der Waals surface area contributed by atoms with Crippen molar-refractivity contribution < 1.29 is 19.0 Å². The van der Waals surface area contributed by atoms with Gasteiger partial charge in [0.15, 0.2) is 0 Å². The van der Waals surface area contributed by atoms with Crippen molar-refractivity contribution in [3.05, 3.63) is 59.9 Å². The topological polar surface area (TPSA) is 45.2 Å². The van der Waals surface area contributed by atoms with Gasteiger partial charge >= 0.3 is 0 Å². The number of piperazine rings is 1. The molecule has 2 aromatic carbocycles. The van der Waals surface area contributed by atoms with Crippen molar-refractivity contribution >= 4 is 5.69 Å². The zero-order valence-corrected chi connectivity index (χ0v) is 17.1. The van der Waals surface area contributed by atoms with Crippen LogP contribution in [0.1, 0.15) is 12.5 Å². The summed E-state index contributed by atoms with van der Waals surface area (Å²) in [5, 5.41) is 10.2. The van der Waals surface area contributed by atoms with Crippen LogP contribution in [-0.2, 0) is 11.2 Å². The molecule has 0 bridgehead atoms. The van der Waals surface area contributed by atoms with Crippen molar-refractivity contribution in [2.75, 3.05) is 57.4 Å². The molecule has 3 rings (SSSR count). The highest BCUT2D eigenvalue weighted by atomic mass is 19.1. The Morgan fingerprint density at radius 1 is 0.966 bits per heavy atom. The largest absolute Gasteiger partial charge is 0.491 e. The molecule has 1 fully saturated rings. The number of halogens is 1. The van der Waals surface area contributed by atoms with Gasteiger partial charge in [-0.15, -0.1) is 0 Å². The summed E-state index contributed by atoms with van der Waals surface area (Å²) in [5.74, 6) is 0.626. The molecule has 6 heteroatoms. The van der Waals surface area contributed by atoms with E-state index in [1.54, 1.807) is 0 Å². The molecule has 29 heavy (non-hydrogen) atoms. The minimum atomic E-state index is -0.517. The van der Waals surface area contributed by atoms with Gasteiger partial charge in [0.2, 0.25) is 0 Å². The summed E-state index contributed by atoms with van der Waals surface area (Å²) in [6, 6.07) is 14.7. The van der Waals surface area contributed by atoms with Crippen LogP contribution >= 0.6 is 0 Å². The molecular formula is C23H31FN2O3. The summed E-state index contributed by atoms with van der Waals surface area (Å²) in [6.07, 6.45) is 0.499. The van der Waals surface area contributed by atoms with E-state index in [1.807, 2.05) is 24.3 Å². The number of benzene rings is 2. The number of rotatable bonds is 10. The highest BCUT2D eigenvalue weighted by molar-refractivity contribution is 5.46. The lowest BCUT2D eigenvalue weighted by Gasteiger charge is -2.36. The highest BCUT2D eigenvalue weighted by Crippen LogP contribution is 2.17. The first-order valence-electron chi connectivity index (χ1n) is 10.3. The summed E-state index contributed by atoms with van der Waals surface area (Å²) in [5.41, 5.74) is 2.33. The molecular weight excluding hydrogens is 371 g/mol. The maximum absolute atomic E-state index is 13.0. The summed E-state index contributed by atoms with van der Waals surface area (Å²) in [6.45, 7) is 7.40. The molecule has 1 atom stereocenters. The van der Waals surface area contributed by atoms with Crippen LogP contribution in [0.4, 0.5) is 10.1 Å². The number of nitrogens with zero attached hydrogens (tertiary/aromatic N) is 2. The van der Waals surface area contributed by atoms with Crippen molar-refractivity contribution in [1.82, 2.24) is 4.90 Å². The zero-order valence-electron chi connectivity index (χ0n) is 17.1. The third-order valence-corrected chi connectivity index (χ3v) is 5.17. The quantitative estimate of drug-likeness (QED) is 0.619. The molecule has 1 N–H and O–H groups in total. The molecule has 1 aliphatic heterocycles. The molecule has 0 saturated carbocycles. The van der Waals surface area contributed by atoms with E-state index in [4.69, 9.17) is 9.47 Å². The molecule has 0 radical (unpaired) electrons. The van der Waals surface area contributed by atoms with E-state index in [-0.39, 0.29) is 5.82 Å². The normalized spacial score (nSPS) is 16.0. The Labute approximate surface area is 172 Å². The number of β-amino-alcohol motifs (C(OH)–C–C–N with tert-alkyl or cyclic N) is 1. The molecule has 158 valence electrons. The lowest BCUT2D eigenvalue weighted by molar-refractivity contribution is 0.00718. The standard InChI is InChI=1S/C23H31FN2O3/c1-2-19-3-9-23(10-4-19)29-16-15-28-18-22(27)17-25-11-13-26(14-12-25)21-7-5-20(24)6-8-21/h3-10,22,27H,2,11-18H2,1H3/t22-/m0/s1. The Morgan fingerprint density at radius 3 is 2.31 bits per heavy atom. The Bertz CT molecular complexity index is 716. The third kappa shape index (κ3) is 6.99. The van der Waals surface area contributed by atoms with Crippen molar-refractivity contribution in [3.8, 4) is 5.75 Å². The Hall–Kier alpha value is -2.15. The van der Waals surface area contributed by atoms with E-state index in [0.717, 1.165) is 44.0 Å². The lowest BCUT2D eigenvalue weighted by atomic mass is 10.2. The van der Waals surface area contributed by atoms with E-state index < -0.39 is 6.10 Å². The summed E-state index contributed by atoms with van der Waals surface area (Å²) < 4.78 is 24.3. The van der Waals surface area contributed by atoms with Crippen molar-refractivity contribution in [2.45, 2.75) is 19.4 Å². The van der Waals surface area contributed by atoms with E-state index >= 15 is 0 Å². The SMILES string of the molecule is CCc1ccc(OCCOC[C@@H](O)CN2CCN(c3ccc(F)cc3)CC2)cc1. The van der Waals surface area contributed by atoms with Crippen LogP contribution in [-0.4, -0.2) is 68.7 Å². The second kappa shape index (κ2) is 11.1. The maximum Gasteiger partial charge on any atom is 0.123 e. The van der Waals surface area contributed by atoms with Crippen LogP contribution in [0.5, 0.6) is 5.75 Å². The van der Waals surface area contributed by atoms with E-state index in [1.165, 1.54) is 17.7 Å². The first-order valence-corrected chi connectivity index (χ1v) is 10.3. The van der Waals surface area contributed by atoms with Crippen LogP contribution in [0.25, 0.3) is 0 Å². The predicted octanol–water partition coefficient (Wildman–Crippen LogP) is 2.97. The van der Waals surface area contributed by atoms with Gasteiger partial charge in [0.25, 0.3) is 0 Å². The number of aliphatic hydroxyl groups excluding tert-OH is 1. The fourth-order valence-electron chi connectivity index (χ4n) is 3.45. The van der Waals surface area contributed by atoms with Crippen molar-refractivity contribution in [2.24, 2.45) is 0 Å². The van der Waals surface area contributed by atoms with Gasteiger partial charge in [0.05, 0.1) is 19.3 Å². The van der Waals surface area contributed by atoms with Crippen LogP contribution < -0.4 is 9.64 Å². The maximum atomic E-state index is 13.0. The lowest BCUT2D eigenvalue weighted by Crippen LogP contribution is -2.49. The van der Waals surface area contributed by atoms with Crippen molar-refractivity contribution in [1.29, 1.82) is 0 Å². The number of aliphatic hydroxyl groups is 1. The minimum absolute atomic E-state index is 0.213. The van der Waals surface area contributed by atoms with Gasteiger partial charge in [-0.05, 0) is 48.4 Å². The Balaban J connectivity index is 1.27. The molecule has 2 aromatic rings. The third-order valence-electron chi connectivity index (χ3n) is 5.17. The second-order valence-electron chi connectivity index (χ2n) is 7.34. The van der Waals surface area contributed by atoms with E-state index in [9.17, 15) is 9.50 Å². The summed E-state index contributed by atoms with van der Waals surface area (Å²) >= 11 is 0. The smallest absolute Gasteiger partial charge is 0.123 e. The Morgan fingerprint density at radius 2 is 1.66 bits per heavy atom. The predicted molar refractivity (Wildman–Crippen MR) is 113 cm³/mol. The number of aryl methyl sites for hydroxylation is 1. The average Bonchev–Trinajstić information content (AvgIpc) is 2.75. The monoisotopic (exact) mass is 402 g/mol. The average molecular weight is 403 g/mol. The van der Waals surface area contributed by atoms with Crippen LogP contribution in [0.3, 0.4) is 0 Å². The Kier molecular flexibility index (Phi) is 8.28.